The van der Waals surface area contributed by atoms with Gasteiger partial charge in [0, 0.05) is 19.6 Å². The summed E-state index contributed by atoms with van der Waals surface area (Å²) >= 11 is 1.43. The molecule has 2 aromatic rings. The third-order valence-corrected chi connectivity index (χ3v) is 4.86. The van der Waals surface area contributed by atoms with Crippen LogP contribution in [0.15, 0.2) is 34.6 Å². The van der Waals surface area contributed by atoms with Crippen molar-refractivity contribution < 1.29 is 9.21 Å². The lowest BCUT2D eigenvalue weighted by Crippen LogP contribution is -2.29. The summed E-state index contributed by atoms with van der Waals surface area (Å²) in [6.07, 6.45) is 5.65. The lowest BCUT2D eigenvalue weighted by molar-refractivity contribution is -0.127. The number of aromatic nitrogens is 3. The molecular weight excluding hydrogens is 312 g/mol. The summed E-state index contributed by atoms with van der Waals surface area (Å²) in [4.78, 5) is 14.1. The number of likely N-dealkylation sites (tertiary alicyclic amines) is 1. The monoisotopic (exact) mass is 332 g/mol. The molecule has 6 nitrogen and oxygen atoms in total. The van der Waals surface area contributed by atoms with Gasteiger partial charge in [-0.2, -0.15) is 0 Å². The Balaban J connectivity index is 1.76. The van der Waals surface area contributed by atoms with Crippen LogP contribution in [0.3, 0.4) is 0 Å². The number of allylic oxidation sites excluding steroid dienone is 1. The lowest BCUT2D eigenvalue weighted by Gasteiger charge is -2.14. The maximum atomic E-state index is 12.2. The molecule has 0 spiro atoms. The zero-order valence-electron chi connectivity index (χ0n) is 13.2. The van der Waals surface area contributed by atoms with Gasteiger partial charge in [-0.3, -0.25) is 9.36 Å². The van der Waals surface area contributed by atoms with Crippen LogP contribution in [-0.2, 0) is 11.3 Å². The van der Waals surface area contributed by atoms with Gasteiger partial charge in [-0.1, -0.05) is 17.8 Å². The zero-order valence-corrected chi connectivity index (χ0v) is 14.0. The van der Waals surface area contributed by atoms with Crippen molar-refractivity contribution in [2.24, 2.45) is 0 Å². The molecule has 0 unspecified atom stereocenters. The molecule has 0 atom stereocenters. The van der Waals surface area contributed by atoms with Crippen molar-refractivity contribution in [3.05, 3.63) is 30.7 Å². The first-order chi connectivity index (χ1) is 11.2. The smallest absolute Gasteiger partial charge is 0.233 e. The Kier molecular flexibility index (Phi) is 4.85. The summed E-state index contributed by atoms with van der Waals surface area (Å²) in [6.45, 7) is 8.03. The van der Waals surface area contributed by atoms with E-state index in [0.29, 0.717) is 12.3 Å². The molecule has 3 rings (SSSR count). The molecule has 1 fully saturated rings. The highest BCUT2D eigenvalue weighted by Crippen LogP contribution is 2.27. The molecule has 0 aromatic carbocycles. The van der Waals surface area contributed by atoms with Crippen molar-refractivity contribution in [2.75, 3.05) is 18.8 Å². The summed E-state index contributed by atoms with van der Waals surface area (Å²) in [5, 5.41) is 9.25. The topological polar surface area (TPSA) is 64.2 Å². The fraction of sp³-hybridized carbons (Fsp3) is 0.438. The number of carbonyl (C=O) groups excluding carboxylic acids is 1. The molecule has 0 aliphatic carbocycles. The first-order valence-electron chi connectivity index (χ1n) is 7.70. The normalized spacial score (nSPS) is 14.4. The summed E-state index contributed by atoms with van der Waals surface area (Å²) in [5.74, 6) is 2.10. The largest absolute Gasteiger partial charge is 0.469 e. The van der Waals surface area contributed by atoms with E-state index in [1.165, 1.54) is 11.8 Å². The maximum Gasteiger partial charge on any atom is 0.233 e. The molecule has 1 aliphatic rings. The minimum absolute atomic E-state index is 0.168. The third kappa shape index (κ3) is 3.34. The van der Waals surface area contributed by atoms with Crippen molar-refractivity contribution in [1.82, 2.24) is 19.7 Å². The molecule has 23 heavy (non-hydrogen) atoms. The fourth-order valence-electron chi connectivity index (χ4n) is 2.69. The van der Waals surface area contributed by atoms with Gasteiger partial charge < -0.3 is 9.32 Å². The minimum Gasteiger partial charge on any atom is -0.469 e. The molecule has 0 radical (unpaired) electrons. The molecule has 1 aliphatic heterocycles. The van der Waals surface area contributed by atoms with Crippen LogP contribution in [0.5, 0.6) is 0 Å². The van der Waals surface area contributed by atoms with Gasteiger partial charge in [-0.05, 0) is 25.8 Å². The summed E-state index contributed by atoms with van der Waals surface area (Å²) in [7, 11) is 0. The van der Waals surface area contributed by atoms with Gasteiger partial charge in [-0.15, -0.1) is 16.8 Å². The number of amides is 1. The second kappa shape index (κ2) is 7.04. The minimum atomic E-state index is 0.168. The first kappa shape index (κ1) is 15.9. The highest BCUT2D eigenvalue weighted by Gasteiger charge is 2.21. The van der Waals surface area contributed by atoms with E-state index in [1.807, 2.05) is 22.5 Å². The van der Waals surface area contributed by atoms with E-state index in [1.54, 1.807) is 12.3 Å². The Bertz CT molecular complexity index is 701. The Morgan fingerprint density at radius 1 is 1.43 bits per heavy atom. The Hall–Kier alpha value is -2.02. The van der Waals surface area contributed by atoms with Gasteiger partial charge in [0.2, 0.25) is 5.91 Å². The van der Waals surface area contributed by atoms with Gasteiger partial charge in [-0.25, -0.2) is 0 Å². The molecule has 2 aromatic heterocycles. The predicted molar refractivity (Wildman–Crippen MR) is 89.2 cm³/mol. The maximum absolute atomic E-state index is 12.2. The zero-order chi connectivity index (χ0) is 16.2. The van der Waals surface area contributed by atoms with E-state index in [9.17, 15) is 4.79 Å². The summed E-state index contributed by atoms with van der Waals surface area (Å²) in [5.41, 5.74) is 0.914. The highest BCUT2D eigenvalue weighted by molar-refractivity contribution is 7.99. The quantitative estimate of drug-likeness (QED) is 0.601. The number of hydrogen-bond acceptors (Lipinski definition) is 5. The molecule has 122 valence electrons. The van der Waals surface area contributed by atoms with Crippen LogP contribution in [0.4, 0.5) is 0 Å². The molecule has 1 saturated heterocycles. The Morgan fingerprint density at radius 2 is 2.22 bits per heavy atom. The van der Waals surface area contributed by atoms with Crippen LogP contribution in [0.2, 0.25) is 0 Å². The molecule has 1 amide bonds. The van der Waals surface area contributed by atoms with Crippen LogP contribution in [0.25, 0.3) is 11.4 Å². The second-order valence-corrected chi connectivity index (χ2v) is 6.41. The van der Waals surface area contributed by atoms with Crippen molar-refractivity contribution >= 4 is 17.7 Å². The average molecular weight is 332 g/mol. The van der Waals surface area contributed by atoms with Gasteiger partial charge in [0.15, 0.2) is 11.0 Å². The van der Waals surface area contributed by atoms with Crippen molar-refractivity contribution in [3.63, 3.8) is 0 Å². The fourth-order valence-corrected chi connectivity index (χ4v) is 3.54. The van der Waals surface area contributed by atoms with Gasteiger partial charge in [0.25, 0.3) is 0 Å². The average Bonchev–Trinajstić information content (AvgIpc) is 3.26. The van der Waals surface area contributed by atoms with Crippen molar-refractivity contribution in [3.8, 4) is 11.4 Å². The van der Waals surface area contributed by atoms with E-state index in [0.717, 1.165) is 48.2 Å². The van der Waals surface area contributed by atoms with Crippen LogP contribution in [0.1, 0.15) is 18.6 Å². The van der Waals surface area contributed by atoms with Crippen molar-refractivity contribution in [1.29, 1.82) is 0 Å². The summed E-state index contributed by atoms with van der Waals surface area (Å²) in [6, 6.07) is 1.88. The first-order valence-corrected chi connectivity index (χ1v) is 8.68. The SMILES string of the molecule is C=CCn1c(SCC(=O)N2CCCC2)nnc1-c1ccoc1C. The van der Waals surface area contributed by atoms with Gasteiger partial charge in [0.05, 0.1) is 17.6 Å². The number of furan rings is 1. The van der Waals surface area contributed by atoms with E-state index in [2.05, 4.69) is 16.8 Å². The number of nitrogens with zero attached hydrogens (tertiary/aromatic N) is 4. The molecule has 7 heteroatoms. The lowest BCUT2D eigenvalue weighted by atomic mass is 10.2. The molecule has 0 N–H and O–H groups in total. The van der Waals surface area contributed by atoms with Crippen molar-refractivity contribution in [2.45, 2.75) is 31.5 Å². The van der Waals surface area contributed by atoms with E-state index >= 15 is 0 Å². The molecule has 3 heterocycles. The van der Waals surface area contributed by atoms with Gasteiger partial charge in [0.1, 0.15) is 5.76 Å². The van der Waals surface area contributed by atoms with E-state index < -0.39 is 0 Å². The van der Waals surface area contributed by atoms with Gasteiger partial charge >= 0.3 is 0 Å². The number of thioether (sulfide) groups is 1. The molecular formula is C16H20N4O2S. The third-order valence-electron chi connectivity index (χ3n) is 3.91. The molecule has 0 saturated carbocycles. The number of hydrogen-bond donors (Lipinski definition) is 0. The van der Waals surface area contributed by atoms with Crippen LogP contribution >= 0.6 is 11.8 Å². The Morgan fingerprint density at radius 3 is 2.87 bits per heavy atom. The van der Waals surface area contributed by atoms with Crippen LogP contribution in [-0.4, -0.2) is 44.4 Å². The Labute approximate surface area is 139 Å². The second-order valence-electron chi connectivity index (χ2n) is 5.47. The van der Waals surface area contributed by atoms with E-state index in [4.69, 9.17) is 4.42 Å². The standard InChI is InChI=1S/C16H20N4O2S/c1-3-7-20-15(13-6-10-22-12(13)2)17-18-16(20)23-11-14(21)19-8-4-5-9-19/h3,6,10H,1,4-5,7-9,11H2,2H3. The van der Waals surface area contributed by atoms with Crippen LogP contribution < -0.4 is 0 Å². The predicted octanol–water partition coefficient (Wildman–Crippen LogP) is 2.75. The number of rotatable bonds is 6. The van der Waals surface area contributed by atoms with Crippen LogP contribution in [0, 0.1) is 6.92 Å². The highest BCUT2D eigenvalue weighted by atomic mass is 32.2. The molecule has 0 bridgehead atoms. The van der Waals surface area contributed by atoms with E-state index in [-0.39, 0.29) is 5.91 Å². The number of aryl methyl sites for hydroxylation is 1. The number of carbonyl (C=O) groups is 1. The summed E-state index contributed by atoms with van der Waals surface area (Å²) < 4.78 is 7.32.